The zero-order valence-electron chi connectivity index (χ0n) is 13.0. The number of nitrogens with one attached hydrogen (secondary N) is 1. The van der Waals surface area contributed by atoms with Crippen molar-refractivity contribution in [2.75, 3.05) is 12.4 Å². The number of carbonyl (C=O) groups excluding carboxylic acids is 1. The highest BCUT2D eigenvalue weighted by atomic mass is 16.5. The van der Waals surface area contributed by atoms with Crippen LogP contribution in [0.4, 0.5) is 5.69 Å². The second-order valence-electron chi connectivity index (χ2n) is 5.14. The van der Waals surface area contributed by atoms with E-state index in [2.05, 4.69) is 15.3 Å². The highest BCUT2D eigenvalue weighted by molar-refractivity contribution is 5.95. The van der Waals surface area contributed by atoms with Gasteiger partial charge in [-0.05, 0) is 31.2 Å². The molecule has 0 unspecified atom stereocenters. The lowest BCUT2D eigenvalue weighted by Gasteiger charge is -2.12. The van der Waals surface area contributed by atoms with Crippen molar-refractivity contribution < 1.29 is 9.53 Å². The Morgan fingerprint density at radius 2 is 1.70 bits per heavy atom. The molecule has 1 heterocycles. The minimum absolute atomic E-state index is 0.366. The number of aromatic nitrogens is 2. The van der Waals surface area contributed by atoms with Gasteiger partial charge in [-0.25, -0.2) is 14.8 Å². The predicted molar refractivity (Wildman–Crippen MR) is 89.4 cm³/mol. The van der Waals surface area contributed by atoms with E-state index in [1.807, 2.05) is 43.3 Å². The first-order valence-corrected chi connectivity index (χ1v) is 7.32. The molecule has 3 rings (SSSR count). The maximum absolute atomic E-state index is 11.8. The fourth-order valence-electron chi connectivity index (χ4n) is 2.40. The van der Waals surface area contributed by atoms with Gasteiger partial charge in [-0.15, -0.1) is 0 Å². The molecule has 0 radical (unpaired) electrons. The fraction of sp³-hybridized carbons (Fsp3) is 0.167. The third-order valence-electron chi connectivity index (χ3n) is 3.62. The van der Waals surface area contributed by atoms with Crippen LogP contribution in [0.2, 0.25) is 0 Å². The summed E-state index contributed by atoms with van der Waals surface area (Å²) in [7, 11) is 1.37. The Hall–Kier alpha value is -2.95. The number of anilines is 1. The van der Waals surface area contributed by atoms with Gasteiger partial charge in [0.05, 0.1) is 41.6 Å². The summed E-state index contributed by atoms with van der Waals surface area (Å²) in [5, 5.41) is 3.25. The van der Waals surface area contributed by atoms with Gasteiger partial charge in [0.1, 0.15) is 0 Å². The van der Waals surface area contributed by atoms with Crippen molar-refractivity contribution in [3.8, 4) is 0 Å². The van der Waals surface area contributed by atoms with Crippen molar-refractivity contribution >= 4 is 22.7 Å². The van der Waals surface area contributed by atoms with E-state index in [0.29, 0.717) is 17.8 Å². The van der Waals surface area contributed by atoms with Gasteiger partial charge >= 0.3 is 5.97 Å². The number of carbonyl (C=O) groups is 1. The number of methoxy groups -OCH3 is 1. The second-order valence-corrected chi connectivity index (χ2v) is 5.14. The van der Waals surface area contributed by atoms with Crippen LogP contribution >= 0.6 is 0 Å². The number of benzene rings is 2. The van der Waals surface area contributed by atoms with Crippen LogP contribution in [0, 0.1) is 6.92 Å². The van der Waals surface area contributed by atoms with E-state index in [-0.39, 0.29) is 5.97 Å². The highest BCUT2D eigenvalue weighted by Gasteiger charge is 2.11. The first-order valence-electron chi connectivity index (χ1n) is 7.32. The SMILES string of the molecule is COC(=O)c1ccccc1NCc1nc2ccccc2nc1C. The van der Waals surface area contributed by atoms with Crippen LogP contribution in [0.3, 0.4) is 0 Å². The average Bonchev–Trinajstić information content (AvgIpc) is 2.59. The van der Waals surface area contributed by atoms with Gasteiger partial charge in [0.15, 0.2) is 0 Å². The van der Waals surface area contributed by atoms with Crippen molar-refractivity contribution in [3.63, 3.8) is 0 Å². The predicted octanol–water partition coefficient (Wildman–Crippen LogP) is 3.34. The standard InChI is InChI=1S/C18H17N3O2/c1-12-17(21-16-10-6-5-9-15(16)20-12)11-19-14-8-4-3-7-13(14)18(22)23-2/h3-10,19H,11H2,1-2H3. The molecule has 5 nitrogen and oxygen atoms in total. The lowest BCUT2D eigenvalue weighted by molar-refractivity contribution is 0.0602. The number of ether oxygens (including phenoxy) is 1. The van der Waals surface area contributed by atoms with Crippen LogP contribution in [-0.2, 0) is 11.3 Å². The second kappa shape index (κ2) is 6.44. The molecule has 1 N–H and O–H groups in total. The molecule has 0 saturated heterocycles. The van der Waals surface area contributed by atoms with E-state index in [1.54, 1.807) is 12.1 Å². The summed E-state index contributed by atoms with van der Waals surface area (Å²) in [6.45, 7) is 2.42. The molecule has 5 heteroatoms. The Balaban J connectivity index is 1.87. The smallest absolute Gasteiger partial charge is 0.339 e. The molecule has 0 bridgehead atoms. The summed E-state index contributed by atoms with van der Waals surface area (Å²) >= 11 is 0. The molecule has 0 fully saturated rings. The van der Waals surface area contributed by atoms with Crippen molar-refractivity contribution in [1.29, 1.82) is 0 Å². The van der Waals surface area contributed by atoms with E-state index in [0.717, 1.165) is 22.4 Å². The van der Waals surface area contributed by atoms with Crippen LogP contribution in [0.15, 0.2) is 48.5 Å². The zero-order chi connectivity index (χ0) is 16.2. The molecule has 0 saturated carbocycles. The largest absolute Gasteiger partial charge is 0.465 e. The lowest BCUT2D eigenvalue weighted by Crippen LogP contribution is -2.10. The molecular weight excluding hydrogens is 290 g/mol. The summed E-state index contributed by atoms with van der Waals surface area (Å²) in [4.78, 5) is 21.0. The molecular formula is C18H17N3O2. The molecule has 116 valence electrons. The van der Waals surface area contributed by atoms with Crippen molar-refractivity contribution in [2.24, 2.45) is 0 Å². The summed E-state index contributed by atoms with van der Waals surface area (Å²) in [5.41, 5.74) is 4.67. The van der Waals surface area contributed by atoms with Crippen LogP contribution in [-0.4, -0.2) is 23.0 Å². The van der Waals surface area contributed by atoms with Gasteiger partial charge in [0, 0.05) is 5.69 Å². The molecule has 23 heavy (non-hydrogen) atoms. The van der Waals surface area contributed by atoms with E-state index in [9.17, 15) is 4.79 Å². The maximum atomic E-state index is 11.8. The Morgan fingerprint density at radius 3 is 2.43 bits per heavy atom. The molecule has 0 spiro atoms. The molecule has 3 aromatic rings. The number of esters is 1. The van der Waals surface area contributed by atoms with E-state index in [4.69, 9.17) is 4.74 Å². The Labute approximate surface area is 134 Å². The van der Waals surface area contributed by atoms with Gasteiger partial charge in [0.2, 0.25) is 0 Å². The summed E-state index contributed by atoms with van der Waals surface area (Å²) < 4.78 is 4.80. The molecule has 0 amide bonds. The van der Waals surface area contributed by atoms with Crippen molar-refractivity contribution in [1.82, 2.24) is 9.97 Å². The molecule has 0 aliphatic rings. The third kappa shape index (κ3) is 3.13. The van der Waals surface area contributed by atoms with Crippen molar-refractivity contribution in [3.05, 3.63) is 65.5 Å². The highest BCUT2D eigenvalue weighted by Crippen LogP contribution is 2.18. The van der Waals surface area contributed by atoms with Crippen LogP contribution in [0.1, 0.15) is 21.7 Å². The van der Waals surface area contributed by atoms with Crippen LogP contribution in [0.5, 0.6) is 0 Å². The number of aryl methyl sites for hydroxylation is 1. The average molecular weight is 307 g/mol. The van der Waals surface area contributed by atoms with Gasteiger partial charge < -0.3 is 10.1 Å². The Morgan fingerprint density at radius 1 is 1.04 bits per heavy atom. The van der Waals surface area contributed by atoms with E-state index >= 15 is 0 Å². The topological polar surface area (TPSA) is 64.1 Å². The minimum atomic E-state index is -0.366. The number of rotatable bonds is 4. The van der Waals surface area contributed by atoms with Gasteiger partial charge in [-0.1, -0.05) is 24.3 Å². The number of hydrogen-bond acceptors (Lipinski definition) is 5. The van der Waals surface area contributed by atoms with E-state index in [1.165, 1.54) is 7.11 Å². The van der Waals surface area contributed by atoms with Gasteiger partial charge in [-0.3, -0.25) is 0 Å². The number of hydrogen-bond donors (Lipinski definition) is 1. The molecule has 0 aliphatic carbocycles. The zero-order valence-corrected chi connectivity index (χ0v) is 13.0. The minimum Gasteiger partial charge on any atom is -0.465 e. The molecule has 0 atom stereocenters. The summed E-state index contributed by atoms with van der Waals surface area (Å²) in [6, 6.07) is 15.0. The molecule has 1 aromatic heterocycles. The fourth-order valence-corrected chi connectivity index (χ4v) is 2.40. The van der Waals surface area contributed by atoms with Crippen LogP contribution in [0.25, 0.3) is 11.0 Å². The number of para-hydroxylation sites is 3. The lowest BCUT2D eigenvalue weighted by atomic mass is 10.1. The first-order chi connectivity index (χ1) is 11.2. The number of nitrogens with zero attached hydrogens (tertiary/aromatic N) is 2. The van der Waals surface area contributed by atoms with Gasteiger partial charge in [0.25, 0.3) is 0 Å². The quantitative estimate of drug-likeness (QED) is 0.749. The Bertz CT molecular complexity index is 862. The third-order valence-corrected chi connectivity index (χ3v) is 3.62. The normalized spacial score (nSPS) is 10.5. The molecule has 2 aromatic carbocycles. The van der Waals surface area contributed by atoms with Gasteiger partial charge in [-0.2, -0.15) is 0 Å². The van der Waals surface area contributed by atoms with Crippen molar-refractivity contribution in [2.45, 2.75) is 13.5 Å². The monoisotopic (exact) mass is 307 g/mol. The summed E-state index contributed by atoms with van der Waals surface area (Å²) in [5.74, 6) is -0.366. The first kappa shape index (κ1) is 15.0. The van der Waals surface area contributed by atoms with E-state index < -0.39 is 0 Å². The number of fused-ring (bicyclic) bond motifs is 1. The molecule has 0 aliphatic heterocycles. The maximum Gasteiger partial charge on any atom is 0.339 e. The summed E-state index contributed by atoms with van der Waals surface area (Å²) in [6.07, 6.45) is 0. The van der Waals surface area contributed by atoms with Crippen LogP contribution < -0.4 is 5.32 Å². The Kier molecular flexibility index (Phi) is 4.19.